The molecule has 0 spiro atoms. The number of hydrogen-bond donors (Lipinski definition) is 6. The predicted octanol–water partition coefficient (Wildman–Crippen LogP) is 3.25. The van der Waals surface area contributed by atoms with Gasteiger partial charge in [-0.25, -0.2) is 13.2 Å². The molecule has 248 valence electrons. The number of benzene rings is 2. The van der Waals surface area contributed by atoms with Gasteiger partial charge in [0, 0.05) is 23.9 Å². The first kappa shape index (κ1) is 37.7. The normalized spacial score (nSPS) is 13.0. The van der Waals surface area contributed by atoms with Crippen molar-refractivity contribution in [2.45, 2.75) is 22.3 Å². The van der Waals surface area contributed by atoms with E-state index in [-0.39, 0.29) is 42.0 Å². The summed E-state index contributed by atoms with van der Waals surface area (Å²) in [5, 5.41) is 16.5. The molecule has 8 N–H and O–H groups in total. The summed E-state index contributed by atoms with van der Waals surface area (Å²) in [6, 6.07) is 7.42. The van der Waals surface area contributed by atoms with E-state index in [4.69, 9.17) is 36.1 Å². The number of halogens is 6. The lowest BCUT2D eigenvalue weighted by Gasteiger charge is -2.21. The summed E-state index contributed by atoms with van der Waals surface area (Å²) in [6.07, 6.45) is -10.1. The van der Waals surface area contributed by atoms with Crippen molar-refractivity contribution in [1.82, 2.24) is 4.72 Å². The predicted molar refractivity (Wildman–Crippen MR) is 146 cm³/mol. The lowest BCUT2D eigenvalue weighted by molar-refractivity contribution is -0.192. The summed E-state index contributed by atoms with van der Waals surface area (Å²) in [6.45, 7) is 0.654. The topological polar surface area (TPSA) is 235 Å². The maximum Gasteiger partial charge on any atom is 0.490 e. The van der Waals surface area contributed by atoms with Crippen molar-refractivity contribution in [3.63, 3.8) is 0 Å². The van der Waals surface area contributed by atoms with Gasteiger partial charge >= 0.3 is 25.9 Å². The van der Waals surface area contributed by atoms with Crippen molar-refractivity contribution in [2.24, 2.45) is 11.5 Å². The number of ether oxygens (including phenoxy) is 2. The third-order valence-electron chi connectivity index (χ3n) is 5.21. The van der Waals surface area contributed by atoms with E-state index >= 15 is 0 Å². The molecule has 1 heterocycles. The quantitative estimate of drug-likeness (QED) is 0.124. The van der Waals surface area contributed by atoms with E-state index in [0.29, 0.717) is 22.2 Å². The molecule has 0 saturated heterocycles. The average Bonchev–Trinajstić information content (AvgIpc) is 3.36. The second-order valence-electron chi connectivity index (χ2n) is 8.51. The number of hydrogen-bond acceptors (Lipinski definition) is 10. The van der Waals surface area contributed by atoms with Crippen molar-refractivity contribution in [3.05, 3.63) is 53.1 Å². The van der Waals surface area contributed by atoms with Gasteiger partial charge < -0.3 is 35.8 Å². The Morgan fingerprint density at radius 2 is 1.56 bits per heavy atom. The monoisotopic (exact) mass is 708 g/mol. The summed E-state index contributed by atoms with van der Waals surface area (Å²) >= 11 is 0.728. The fourth-order valence-electron chi connectivity index (χ4n) is 3.32. The molecule has 1 aromatic heterocycles. The van der Waals surface area contributed by atoms with Gasteiger partial charge in [0.25, 0.3) is 10.0 Å². The number of carboxylic acids is 1. The number of fused-ring (bicyclic) bond motifs is 1. The summed E-state index contributed by atoms with van der Waals surface area (Å²) in [5.74, 6) is -4.59. The van der Waals surface area contributed by atoms with Crippen LogP contribution in [0.3, 0.4) is 0 Å². The second-order valence-corrected chi connectivity index (χ2v) is 13.2. The minimum atomic E-state index is -5.39. The molecule has 0 aliphatic rings. The second kappa shape index (κ2) is 14.7. The van der Waals surface area contributed by atoms with Gasteiger partial charge in [-0.05, 0) is 35.2 Å². The maximum absolute atomic E-state index is 13.4. The Bertz CT molecular complexity index is 1680. The largest absolute Gasteiger partial charge is 0.490 e. The van der Waals surface area contributed by atoms with Crippen LogP contribution in [0.15, 0.2) is 40.6 Å². The molecule has 1 atom stereocenters. The number of nitrogens with one attached hydrogen (secondary N) is 1. The first-order valence-corrected chi connectivity index (χ1v) is 15.9. The van der Waals surface area contributed by atoms with Gasteiger partial charge in [0.05, 0.1) is 17.2 Å². The number of rotatable bonds is 11. The highest BCUT2D eigenvalue weighted by Crippen LogP contribution is 2.51. The third kappa shape index (κ3) is 10.3. The van der Waals surface area contributed by atoms with Crippen LogP contribution in [0.2, 0.25) is 0 Å². The van der Waals surface area contributed by atoms with Gasteiger partial charge in [-0.15, -0.1) is 11.3 Å². The van der Waals surface area contributed by atoms with Crippen molar-refractivity contribution < 1.29 is 68.5 Å². The summed E-state index contributed by atoms with van der Waals surface area (Å²) < 4.78 is 123. The van der Waals surface area contributed by atoms with Crippen LogP contribution >= 0.6 is 18.9 Å². The first-order chi connectivity index (χ1) is 20.6. The Hall–Kier alpha value is -3.48. The summed E-state index contributed by atoms with van der Waals surface area (Å²) in [4.78, 5) is 28.5. The Morgan fingerprint density at radius 1 is 1.02 bits per heavy atom. The minimum Gasteiger partial charge on any atom is -0.488 e. The third-order valence-corrected chi connectivity index (χ3v) is 9.48. The molecule has 0 bridgehead atoms. The fraction of sp³-hybridized carbons (Fsp3) is 0.304. The van der Waals surface area contributed by atoms with E-state index in [2.05, 4.69) is 0 Å². The number of sulfonamides is 1. The van der Waals surface area contributed by atoms with Gasteiger partial charge in [0.1, 0.15) is 23.2 Å². The zero-order chi connectivity index (χ0) is 34.4. The molecule has 0 aliphatic heterocycles. The zero-order valence-corrected chi connectivity index (χ0v) is 24.8. The van der Waals surface area contributed by atoms with Crippen LogP contribution in [-0.4, -0.2) is 61.8 Å². The number of nitrogens with zero attached hydrogens (tertiary/aromatic N) is 1. The van der Waals surface area contributed by atoms with E-state index < -0.39 is 58.4 Å². The number of thiophene rings is 1. The Kier molecular flexibility index (Phi) is 12.4. The highest BCUT2D eigenvalue weighted by molar-refractivity contribution is 7.92. The summed E-state index contributed by atoms with van der Waals surface area (Å²) in [7, 11) is -10.1. The van der Waals surface area contributed by atoms with Crippen molar-refractivity contribution in [2.75, 3.05) is 26.3 Å². The van der Waals surface area contributed by atoms with Gasteiger partial charge in [-0.3, -0.25) is 4.57 Å². The number of aliphatic carboxylic acids is 1. The zero-order valence-electron chi connectivity index (χ0n) is 22.3. The number of nitrogens with two attached hydrogens (primary N) is 2. The minimum absolute atomic E-state index is 0.135. The fourth-order valence-corrected chi connectivity index (χ4v) is 7.32. The van der Waals surface area contributed by atoms with E-state index in [1.165, 1.54) is 24.3 Å². The molecule has 0 fully saturated rings. The Morgan fingerprint density at radius 3 is 2.00 bits per heavy atom. The van der Waals surface area contributed by atoms with Crippen LogP contribution < -0.4 is 25.7 Å². The number of nitriles is 1. The van der Waals surface area contributed by atoms with E-state index in [0.717, 1.165) is 17.4 Å². The van der Waals surface area contributed by atoms with Crippen molar-refractivity contribution >= 4 is 45.0 Å². The Labute approximate surface area is 254 Å². The SMILES string of the molecule is N#Cc1ccc(C(NS(=O)(=O)c2cc3cc(OCCN)c(OCCN)cc3s2)P(=O)(O)O)cc1C(F)(F)F.O=C(O)C(F)(F)F. The number of carboxylic acid groups (broad SMARTS) is 1. The van der Waals surface area contributed by atoms with Gasteiger partial charge in [0.15, 0.2) is 11.5 Å². The van der Waals surface area contributed by atoms with E-state index in [1.54, 1.807) is 0 Å². The maximum atomic E-state index is 13.4. The van der Waals surface area contributed by atoms with E-state index in [1.807, 2.05) is 4.72 Å². The standard InChI is InChI=1S/C21H22F3N4O7PS2.C2HF3O2/c22-21(23,24)15-7-12(1-2-13(15)11-27)20(36(29,30)31)28-38(32,33)19-9-14-8-16(34-5-3-25)17(35-6-4-26)10-18(14)37-19;3-2(4,5)1(6)7/h1-2,7-10,20,28H,3-6,25-26H2,(H2,29,30,31);(H,6,7). The molecule has 0 aliphatic carbocycles. The average molecular weight is 709 g/mol. The molecular weight excluding hydrogens is 685 g/mol. The smallest absolute Gasteiger partial charge is 0.488 e. The van der Waals surface area contributed by atoms with Crippen LogP contribution in [0.4, 0.5) is 26.3 Å². The van der Waals surface area contributed by atoms with Crippen LogP contribution in [0.25, 0.3) is 10.1 Å². The summed E-state index contributed by atoms with van der Waals surface area (Å²) in [5.41, 5.74) is 8.00. The molecule has 2 aromatic carbocycles. The molecule has 45 heavy (non-hydrogen) atoms. The lowest BCUT2D eigenvalue weighted by atomic mass is 10.0. The molecule has 3 rings (SSSR count). The van der Waals surface area contributed by atoms with Gasteiger partial charge in [0.2, 0.25) is 0 Å². The lowest BCUT2D eigenvalue weighted by Crippen LogP contribution is -2.28. The van der Waals surface area contributed by atoms with Crippen LogP contribution in [0, 0.1) is 11.3 Å². The molecule has 3 aromatic rings. The number of alkyl halides is 6. The molecular formula is C23H23F6N4O9PS2. The van der Waals surface area contributed by atoms with Gasteiger partial charge in [-0.1, -0.05) is 6.07 Å². The van der Waals surface area contributed by atoms with Crippen LogP contribution in [0.1, 0.15) is 22.5 Å². The van der Waals surface area contributed by atoms with E-state index in [9.17, 15) is 49.1 Å². The highest BCUT2D eigenvalue weighted by Gasteiger charge is 2.40. The van der Waals surface area contributed by atoms with Gasteiger partial charge in [-0.2, -0.15) is 36.3 Å². The molecule has 0 amide bonds. The highest BCUT2D eigenvalue weighted by atomic mass is 32.2. The molecule has 0 radical (unpaired) electrons. The molecule has 22 heteroatoms. The Balaban J connectivity index is 0.000000900. The van der Waals surface area contributed by atoms with Crippen LogP contribution in [0.5, 0.6) is 11.5 Å². The van der Waals surface area contributed by atoms with Crippen LogP contribution in [-0.2, 0) is 25.6 Å². The molecule has 1 unspecified atom stereocenters. The first-order valence-electron chi connectivity index (χ1n) is 11.9. The number of carbonyl (C=O) groups is 1. The van der Waals surface area contributed by atoms with Crippen molar-refractivity contribution in [3.8, 4) is 17.6 Å². The molecule has 13 nitrogen and oxygen atoms in total. The molecule has 0 saturated carbocycles. The van der Waals surface area contributed by atoms with Crippen molar-refractivity contribution in [1.29, 1.82) is 5.26 Å².